The van der Waals surface area contributed by atoms with Gasteiger partial charge in [-0.05, 0) is 10.4 Å². The predicted molar refractivity (Wildman–Crippen MR) is 57.4 cm³/mol. The molecule has 0 spiro atoms. The van der Waals surface area contributed by atoms with Gasteiger partial charge in [-0.3, -0.25) is 4.79 Å². The molecule has 2 rings (SSSR count). The van der Waals surface area contributed by atoms with Gasteiger partial charge in [0.05, 0.1) is 5.75 Å². The van der Waals surface area contributed by atoms with Crippen LogP contribution in [0.5, 0.6) is 0 Å². The van der Waals surface area contributed by atoms with E-state index in [4.69, 9.17) is 5.11 Å². The normalized spacial score (nSPS) is 10.7. The summed E-state index contributed by atoms with van der Waals surface area (Å²) >= 11 is 0.678. The third kappa shape index (κ3) is 2.84. The Labute approximate surface area is 108 Å². The van der Waals surface area contributed by atoms with Crippen LogP contribution in [-0.4, -0.2) is 37.0 Å². The molecule has 0 aliphatic rings. The quantitative estimate of drug-likeness (QED) is 0.854. The van der Waals surface area contributed by atoms with E-state index in [1.54, 1.807) is 0 Å². The van der Waals surface area contributed by atoms with Crippen LogP contribution in [0.1, 0.15) is 0 Å². The zero-order chi connectivity index (χ0) is 14.0. The average molecular weight is 290 g/mol. The molecule has 1 N–H and O–H groups in total. The molecule has 0 aliphatic heterocycles. The first kappa shape index (κ1) is 13.3. The number of hydrogen-bond acceptors (Lipinski definition) is 5. The fourth-order valence-corrected chi connectivity index (χ4v) is 1.87. The predicted octanol–water partition coefficient (Wildman–Crippen LogP) is 1.26. The molecule has 2 aromatic rings. The van der Waals surface area contributed by atoms with Crippen LogP contribution in [0.25, 0.3) is 5.69 Å². The lowest BCUT2D eigenvalue weighted by atomic mass is 10.3. The van der Waals surface area contributed by atoms with Crippen molar-refractivity contribution in [2.75, 3.05) is 5.75 Å². The van der Waals surface area contributed by atoms with E-state index < -0.39 is 29.1 Å². The second-order valence-corrected chi connectivity index (χ2v) is 4.22. The molecule has 0 amide bonds. The van der Waals surface area contributed by atoms with E-state index in [0.29, 0.717) is 28.6 Å². The van der Waals surface area contributed by atoms with Gasteiger partial charge >= 0.3 is 5.97 Å². The van der Waals surface area contributed by atoms with Gasteiger partial charge in [0.25, 0.3) is 0 Å². The molecule has 1 heterocycles. The van der Waals surface area contributed by atoms with E-state index in [-0.39, 0.29) is 10.9 Å². The number of thioether (sulfide) groups is 1. The van der Waals surface area contributed by atoms with Gasteiger partial charge in [-0.1, -0.05) is 11.8 Å². The summed E-state index contributed by atoms with van der Waals surface area (Å²) in [6.45, 7) is 0. The minimum absolute atomic E-state index is 0.119. The maximum Gasteiger partial charge on any atom is 0.313 e. The maximum absolute atomic E-state index is 13.5. The molecule has 10 heteroatoms. The Balaban J connectivity index is 2.43. The molecular weight excluding hydrogens is 285 g/mol. The second kappa shape index (κ2) is 5.26. The molecule has 0 radical (unpaired) electrons. The lowest BCUT2D eigenvalue weighted by molar-refractivity contribution is -0.133. The number of benzene rings is 1. The van der Waals surface area contributed by atoms with Gasteiger partial charge in [0.1, 0.15) is 11.5 Å². The maximum atomic E-state index is 13.5. The highest BCUT2D eigenvalue weighted by Crippen LogP contribution is 2.23. The number of carbonyl (C=O) groups is 1. The van der Waals surface area contributed by atoms with Crippen LogP contribution in [0.4, 0.5) is 13.2 Å². The van der Waals surface area contributed by atoms with E-state index in [9.17, 15) is 18.0 Å². The van der Waals surface area contributed by atoms with Gasteiger partial charge in [-0.25, -0.2) is 13.2 Å². The molecule has 6 nitrogen and oxygen atoms in total. The van der Waals surface area contributed by atoms with Crippen molar-refractivity contribution in [2.24, 2.45) is 0 Å². The molecule has 0 saturated heterocycles. The average Bonchev–Trinajstić information content (AvgIpc) is 2.73. The summed E-state index contributed by atoms with van der Waals surface area (Å²) < 4.78 is 40.5. The molecule has 19 heavy (non-hydrogen) atoms. The molecule has 0 atom stereocenters. The molecule has 0 saturated carbocycles. The van der Waals surface area contributed by atoms with Gasteiger partial charge in [0.2, 0.25) is 5.16 Å². The number of carboxylic acid groups (broad SMARTS) is 1. The Morgan fingerprint density at radius 2 is 1.95 bits per heavy atom. The second-order valence-electron chi connectivity index (χ2n) is 3.27. The van der Waals surface area contributed by atoms with Gasteiger partial charge < -0.3 is 5.11 Å². The van der Waals surface area contributed by atoms with E-state index in [1.165, 1.54) is 0 Å². The van der Waals surface area contributed by atoms with E-state index in [2.05, 4.69) is 15.5 Å². The van der Waals surface area contributed by atoms with E-state index in [0.717, 1.165) is 0 Å². The highest BCUT2D eigenvalue weighted by molar-refractivity contribution is 7.99. The van der Waals surface area contributed by atoms with Crippen LogP contribution >= 0.6 is 11.8 Å². The summed E-state index contributed by atoms with van der Waals surface area (Å²) in [7, 11) is 0. The van der Waals surface area contributed by atoms with Gasteiger partial charge in [-0.2, -0.15) is 4.68 Å². The Kier molecular flexibility index (Phi) is 3.69. The summed E-state index contributed by atoms with van der Waals surface area (Å²) in [5.74, 6) is -4.99. The highest BCUT2D eigenvalue weighted by atomic mass is 32.2. The van der Waals surface area contributed by atoms with Gasteiger partial charge in [0, 0.05) is 12.1 Å². The number of nitrogens with zero attached hydrogens (tertiary/aromatic N) is 4. The highest BCUT2D eigenvalue weighted by Gasteiger charge is 2.19. The van der Waals surface area contributed by atoms with Crippen LogP contribution in [-0.2, 0) is 4.79 Å². The number of hydrogen-bond donors (Lipinski definition) is 1. The molecule has 1 aromatic carbocycles. The van der Waals surface area contributed by atoms with Crippen molar-refractivity contribution in [2.45, 2.75) is 5.16 Å². The molecule has 100 valence electrons. The standard InChI is InChI=1S/C9H5F3N4O2S/c10-4-1-5(11)8(6(12)2-4)16-9(13-14-15-16)19-3-7(17)18/h1-2H,3H2,(H,17,18). The van der Waals surface area contributed by atoms with Crippen molar-refractivity contribution in [1.29, 1.82) is 0 Å². The largest absolute Gasteiger partial charge is 0.481 e. The first-order chi connectivity index (χ1) is 8.99. The molecule has 0 unspecified atom stereocenters. The number of halogens is 3. The van der Waals surface area contributed by atoms with Crippen LogP contribution in [0, 0.1) is 17.5 Å². The minimum Gasteiger partial charge on any atom is -0.481 e. The summed E-state index contributed by atoms with van der Waals surface area (Å²) in [4.78, 5) is 10.4. The van der Waals surface area contributed by atoms with Gasteiger partial charge in [-0.15, -0.1) is 5.10 Å². The first-order valence-corrected chi connectivity index (χ1v) is 5.75. The third-order valence-electron chi connectivity index (χ3n) is 1.96. The van der Waals surface area contributed by atoms with E-state index in [1.807, 2.05) is 0 Å². The van der Waals surface area contributed by atoms with Crippen molar-refractivity contribution in [3.8, 4) is 5.69 Å². The van der Waals surface area contributed by atoms with Crippen molar-refractivity contribution in [3.63, 3.8) is 0 Å². The number of carboxylic acids is 1. The van der Waals surface area contributed by atoms with Crippen LogP contribution in [0.3, 0.4) is 0 Å². The Morgan fingerprint density at radius 1 is 1.32 bits per heavy atom. The zero-order valence-electron chi connectivity index (χ0n) is 9.05. The SMILES string of the molecule is O=C(O)CSc1nnnn1-c1c(F)cc(F)cc1F. The molecule has 0 bridgehead atoms. The molecule has 1 aromatic heterocycles. The van der Waals surface area contributed by atoms with Crippen LogP contribution in [0.2, 0.25) is 0 Å². The number of aliphatic carboxylic acids is 1. The number of tetrazole rings is 1. The van der Waals surface area contributed by atoms with Crippen molar-refractivity contribution >= 4 is 17.7 Å². The third-order valence-corrected chi connectivity index (χ3v) is 2.86. The van der Waals surface area contributed by atoms with Crippen molar-refractivity contribution in [1.82, 2.24) is 20.2 Å². The smallest absolute Gasteiger partial charge is 0.313 e. The fraction of sp³-hybridized carbons (Fsp3) is 0.111. The number of rotatable bonds is 4. The Bertz CT molecular complexity index is 611. The van der Waals surface area contributed by atoms with Crippen molar-refractivity contribution < 1.29 is 23.1 Å². The summed E-state index contributed by atoms with van der Waals surface area (Å²) in [6, 6.07) is 0.956. The first-order valence-electron chi connectivity index (χ1n) is 4.77. The Morgan fingerprint density at radius 3 is 2.53 bits per heavy atom. The van der Waals surface area contributed by atoms with Gasteiger partial charge in [0.15, 0.2) is 11.6 Å². The van der Waals surface area contributed by atoms with Crippen LogP contribution in [0.15, 0.2) is 17.3 Å². The lowest BCUT2D eigenvalue weighted by Crippen LogP contribution is -2.07. The topological polar surface area (TPSA) is 80.9 Å². The van der Waals surface area contributed by atoms with E-state index >= 15 is 0 Å². The summed E-state index contributed by atoms with van der Waals surface area (Å²) in [5.41, 5.74) is -0.667. The monoisotopic (exact) mass is 290 g/mol. The zero-order valence-corrected chi connectivity index (χ0v) is 9.86. The summed E-state index contributed by atoms with van der Waals surface area (Å²) in [5, 5.41) is 18.4. The molecule has 0 fully saturated rings. The number of aromatic nitrogens is 4. The lowest BCUT2D eigenvalue weighted by Gasteiger charge is -2.06. The molecular formula is C9H5F3N4O2S. The fourth-order valence-electron chi connectivity index (χ4n) is 1.27. The van der Waals surface area contributed by atoms with Crippen LogP contribution < -0.4 is 0 Å². The Hall–Kier alpha value is -2.10. The molecule has 0 aliphatic carbocycles. The minimum atomic E-state index is -1.19. The summed E-state index contributed by atoms with van der Waals surface area (Å²) in [6.07, 6.45) is 0. The van der Waals surface area contributed by atoms with Crippen molar-refractivity contribution in [3.05, 3.63) is 29.6 Å².